The standard InChI is InChI=1S/C23H25NO5S/c1-3-4-15-29-23(26)21(24-30(27,28)18-12-9-16(2)10-13-18)20-14-11-17-7-5-6-8-19(17)22(20)25/h5-14,21,24-25H,3-4,15H2,1-2H3. The van der Waals surface area contributed by atoms with E-state index in [1.807, 2.05) is 26.0 Å². The zero-order chi connectivity index (χ0) is 21.7. The number of phenolic OH excluding ortho intramolecular Hbond substituents is 1. The van der Waals surface area contributed by atoms with E-state index in [-0.39, 0.29) is 22.8 Å². The molecule has 0 bridgehead atoms. The number of sulfonamides is 1. The van der Waals surface area contributed by atoms with Gasteiger partial charge in [0.15, 0.2) is 0 Å². The summed E-state index contributed by atoms with van der Waals surface area (Å²) in [5, 5.41) is 12.1. The van der Waals surface area contributed by atoms with E-state index in [1.165, 1.54) is 12.1 Å². The molecule has 0 heterocycles. The van der Waals surface area contributed by atoms with Crippen molar-refractivity contribution in [2.75, 3.05) is 6.61 Å². The molecule has 30 heavy (non-hydrogen) atoms. The van der Waals surface area contributed by atoms with E-state index in [2.05, 4.69) is 4.72 Å². The number of benzene rings is 3. The highest BCUT2D eigenvalue weighted by atomic mass is 32.2. The van der Waals surface area contributed by atoms with Crippen LogP contribution in [0.1, 0.15) is 36.9 Å². The van der Waals surface area contributed by atoms with Crippen molar-refractivity contribution in [3.63, 3.8) is 0 Å². The Labute approximate surface area is 176 Å². The van der Waals surface area contributed by atoms with Crippen LogP contribution in [-0.4, -0.2) is 26.1 Å². The number of nitrogens with one attached hydrogen (secondary N) is 1. The molecule has 3 aromatic rings. The number of hydrogen-bond donors (Lipinski definition) is 2. The van der Waals surface area contributed by atoms with Crippen LogP contribution in [0.3, 0.4) is 0 Å². The van der Waals surface area contributed by atoms with Gasteiger partial charge in [-0.05, 0) is 30.9 Å². The third-order valence-corrected chi connectivity index (χ3v) is 6.26. The molecule has 0 aliphatic rings. The molecule has 0 amide bonds. The summed E-state index contributed by atoms with van der Waals surface area (Å²) in [6.07, 6.45) is 1.49. The van der Waals surface area contributed by atoms with Gasteiger partial charge in [-0.25, -0.2) is 13.2 Å². The second kappa shape index (κ2) is 9.28. The number of fused-ring (bicyclic) bond motifs is 1. The average molecular weight is 428 g/mol. The van der Waals surface area contributed by atoms with Gasteiger partial charge in [0, 0.05) is 10.9 Å². The molecule has 6 nitrogen and oxygen atoms in total. The van der Waals surface area contributed by atoms with Crippen LogP contribution in [0, 0.1) is 6.92 Å². The summed E-state index contributed by atoms with van der Waals surface area (Å²) < 4.78 is 33.6. The van der Waals surface area contributed by atoms with E-state index in [4.69, 9.17) is 4.74 Å². The number of unbranched alkanes of at least 4 members (excludes halogenated alkanes) is 1. The summed E-state index contributed by atoms with van der Waals surface area (Å²) in [5.41, 5.74) is 1.06. The van der Waals surface area contributed by atoms with Crippen molar-refractivity contribution in [3.8, 4) is 5.75 Å². The molecule has 0 aromatic heterocycles. The van der Waals surface area contributed by atoms with Gasteiger partial charge in [0.1, 0.15) is 11.8 Å². The van der Waals surface area contributed by atoms with Crippen molar-refractivity contribution in [3.05, 3.63) is 71.8 Å². The van der Waals surface area contributed by atoms with Gasteiger partial charge in [0.05, 0.1) is 11.5 Å². The fourth-order valence-corrected chi connectivity index (χ4v) is 4.25. The molecule has 1 unspecified atom stereocenters. The number of phenols is 1. The molecule has 0 aliphatic carbocycles. The maximum absolute atomic E-state index is 12.9. The van der Waals surface area contributed by atoms with Crippen molar-refractivity contribution >= 4 is 26.8 Å². The Hall–Kier alpha value is -2.90. The first-order valence-electron chi connectivity index (χ1n) is 9.79. The smallest absolute Gasteiger partial charge is 0.328 e. The maximum Gasteiger partial charge on any atom is 0.328 e. The fraction of sp³-hybridized carbons (Fsp3) is 0.261. The van der Waals surface area contributed by atoms with Gasteiger partial charge in [0.2, 0.25) is 10.0 Å². The first-order valence-corrected chi connectivity index (χ1v) is 11.3. The Bertz CT molecular complexity index is 1140. The highest BCUT2D eigenvalue weighted by Crippen LogP contribution is 2.34. The van der Waals surface area contributed by atoms with Crippen molar-refractivity contribution in [2.45, 2.75) is 37.6 Å². The van der Waals surface area contributed by atoms with Crippen LogP contribution in [0.4, 0.5) is 0 Å². The first-order chi connectivity index (χ1) is 14.3. The van der Waals surface area contributed by atoms with E-state index >= 15 is 0 Å². The van der Waals surface area contributed by atoms with Crippen molar-refractivity contribution < 1.29 is 23.1 Å². The second-order valence-electron chi connectivity index (χ2n) is 7.11. The number of ether oxygens (including phenoxy) is 1. The Morgan fingerprint density at radius 1 is 1.07 bits per heavy atom. The highest BCUT2D eigenvalue weighted by Gasteiger charge is 2.31. The van der Waals surface area contributed by atoms with Gasteiger partial charge < -0.3 is 9.84 Å². The molecular weight excluding hydrogens is 402 g/mol. The quantitative estimate of drug-likeness (QED) is 0.415. The minimum Gasteiger partial charge on any atom is -0.507 e. The van der Waals surface area contributed by atoms with Crippen LogP contribution in [-0.2, 0) is 19.6 Å². The Balaban J connectivity index is 2.02. The van der Waals surface area contributed by atoms with Gasteiger partial charge >= 0.3 is 5.97 Å². The molecule has 0 spiro atoms. The number of hydrogen-bond acceptors (Lipinski definition) is 5. The van der Waals surface area contributed by atoms with E-state index in [0.29, 0.717) is 11.8 Å². The van der Waals surface area contributed by atoms with Gasteiger partial charge in [0.25, 0.3) is 0 Å². The van der Waals surface area contributed by atoms with E-state index in [0.717, 1.165) is 17.4 Å². The third-order valence-electron chi connectivity index (χ3n) is 4.83. The largest absolute Gasteiger partial charge is 0.507 e. The van der Waals surface area contributed by atoms with Gasteiger partial charge in [-0.15, -0.1) is 0 Å². The van der Waals surface area contributed by atoms with E-state index < -0.39 is 22.0 Å². The fourth-order valence-electron chi connectivity index (χ4n) is 3.08. The molecule has 2 N–H and O–H groups in total. The summed E-state index contributed by atoms with van der Waals surface area (Å²) in [7, 11) is -4.03. The van der Waals surface area contributed by atoms with Crippen molar-refractivity contribution in [2.24, 2.45) is 0 Å². The SMILES string of the molecule is CCCCOC(=O)C(NS(=O)(=O)c1ccc(C)cc1)c1ccc2ccccc2c1O. The number of aromatic hydroxyl groups is 1. The third kappa shape index (κ3) is 4.80. The predicted octanol–water partition coefficient (Wildman–Crippen LogP) is 4.22. The molecule has 3 aromatic carbocycles. The Morgan fingerprint density at radius 2 is 1.77 bits per heavy atom. The van der Waals surface area contributed by atoms with Crippen LogP contribution in [0.5, 0.6) is 5.75 Å². The van der Waals surface area contributed by atoms with Gasteiger partial charge in [-0.3, -0.25) is 0 Å². The molecular formula is C23H25NO5S. The summed E-state index contributed by atoms with van der Waals surface area (Å²) in [5.74, 6) is -0.915. The van der Waals surface area contributed by atoms with Gasteiger partial charge in [-0.1, -0.05) is 67.4 Å². The van der Waals surface area contributed by atoms with Gasteiger partial charge in [-0.2, -0.15) is 4.72 Å². The molecule has 0 saturated heterocycles. The minimum absolute atomic E-state index is 0.0275. The van der Waals surface area contributed by atoms with Crippen LogP contribution >= 0.6 is 0 Å². The van der Waals surface area contributed by atoms with Crippen LogP contribution in [0.15, 0.2) is 65.6 Å². The van der Waals surface area contributed by atoms with E-state index in [1.54, 1.807) is 36.4 Å². The lowest BCUT2D eigenvalue weighted by molar-refractivity contribution is -0.146. The number of esters is 1. The normalized spacial score (nSPS) is 12.6. The summed E-state index contributed by atoms with van der Waals surface area (Å²) in [6, 6.07) is 15.3. The zero-order valence-corrected chi connectivity index (χ0v) is 17.8. The summed E-state index contributed by atoms with van der Waals surface area (Å²) in [6.45, 7) is 3.98. The lowest BCUT2D eigenvalue weighted by atomic mass is 10.0. The van der Waals surface area contributed by atoms with E-state index in [9.17, 15) is 18.3 Å². The minimum atomic E-state index is -4.03. The Morgan fingerprint density at radius 3 is 2.47 bits per heavy atom. The molecule has 1 atom stereocenters. The molecule has 0 radical (unpaired) electrons. The second-order valence-corrected chi connectivity index (χ2v) is 8.83. The first kappa shape index (κ1) is 21.8. The zero-order valence-electron chi connectivity index (χ0n) is 17.0. The average Bonchev–Trinajstić information content (AvgIpc) is 2.73. The molecule has 7 heteroatoms. The van der Waals surface area contributed by atoms with Crippen LogP contribution in [0.2, 0.25) is 0 Å². The summed E-state index contributed by atoms with van der Waals surface area (Å²) in [4.78, 5) is 12.8. The van der Waals surface area contributed by atoms with Crippen LogP contribution in [0.25, 0.3) is 10.8 Å². The lowest BCUT2D eigenvalue weighted by Crippen LogP contribution is -2.35. The predicted molar refractivity (Wildman–Crippen MR) is 116 cm³/mol. The van der Waals surface area contributed by atoms with Crippen molar-refractivity contribution in [1.29, 1.82) is 0 Å². The molecule has 0 fully saturated rings. The monoisotopic (exact) mass is 427 g/mol. The maximum atomic E-state index is 12.9. The summed E-state index contributed by atoms with van der Waals surface area (Å²) >= 11 is 0. The number of carbonyl (C=O) groups excluding carboxylic acids is 1. The molecule has 158 valence electrons. The topological polar surface area (TPSA) is 92.7 Å². The van der Waals surface area contributed by atoms with Crippen molar-refractivity contribution in [1.82, 2.24) is 4.72 Å². The number of rotatable bonds is 8. The molecule has 0 saturated carbocycles. The highest BCUT2D eigenvalue weighted by molar-refractivity contribution is 7.89. The number of carbonyl (C=O) groups is 1. The Kier molecular flexibility index (Phi) is 6.74. The van der Waals surface area contributed by atoms with Crippen LogP contribution < -0.4 is 4.72 Å². The molecule has 3 rings (SSSR count). The lowest BCUT2D eigenvalue weighted by Gasteiger charge is -2.20. The number of aryl methyl sites for hydroxylation is 1. The molecule has 0 aliphatic heterocycles.